The highest BCUT2D eigenvalue weighted by Crippen LogP contribution is 2.27. The zero-order valence-electron chi connectivity index (χ0n) is 18.9. The van der Waals surface area contributed by atoms with Crippen LogP contribution in [-0.2, 0) is 4.79 Å². The van der Waals surface area contributed by atoms with Crippen LogP contribution in [0.3, 0.4) is 0 Å². The molecule has 0 aromatic heterocycles. The van der Waals surface area contributed by atoms with Crippen molar-refractivity contribution in [1.82, 2.24) is 10.7 Å². The number of benzene rings is 3. The van der Waals surface area contributed by atoms with Crippen LogP contribution in [0.2, 0.25) is 0 Å². The van der Waals surface area contributed by atoms with Gasteiger partial charge in [-0.15, -0.1) is 10.1 Å². The monoisotopic (exact) mass is 443 g/mol. The van der Waals surface area contributed by atoms with E-state index >= 15 is 0 Å². The molecule has 1 aliphatic rings. The van der Waals surface area contributed by atoms with Gasteiger partial charge < -0.3 is 15.0 Å². The molecule has 3 aromatic carbocycles. The fraction of sp³-hybridized carbons (Fsp3) is 0.192. The maximum Gasteiger partial charge on any atom is 0.304 e. The molecule has 0 unspecified atom stereocenters. The molecule has 2 N–H and O–H groups in total. The van der Waals surface area contributed by atoms with E-state index in [1.54, 1.807) is 36.1 Å². The first-order valence-corrected chi connectivity index (χ1v) is 10.7. The number of hydrogen-bond donors (Lipinski definition) is 2. The van der Waals surface area contributed by atoms with E-state index < -0.39 is 12.1 Å². The van der Waals surface area contributed by atoms with Gasteiger partial charge in [-0.2, -0.15) is 0 Å². The Hall–Kier alpha value is -4.13. The summed E-state index contributed by atoms with van der Waals surface area (Å²) in [6.45, 7) is 0. The van der Waals surface area contributed by atoms with Gasteiger partial charge in [0.15, 0.2) is 6.04 Å². The highest BCUT2D eigenvalue weighted by Gasteiger charge is 2.47. The summed E-state index contributed by atoms with van der Waals surface area (Å²) in [5, 5.41) is 2.91. The van der Waals surface area contributed by atoms with Crippen LogP contribution < -0.4 is 20.4 Å². The number of hydrogen-bond acceptors (Lipinski definition) is 4. The molecule has 1 fully saturated rings. The SMILES string of the molecule is COc1ccc([C@@H]2[C@@H](NC(=O)c3ccccc3)C(=O)N/[N+]2=C\c2ccc(N(C)C)cc2)cc1. The van der Waals surface area contributed by atoms with Crippen LogP contribution in [0.4, 0.5) is 5.69 Å². The van der Waals surface area contributed by atoms with Crippen molar-refractivity contribution >= 4 is 23.7 Å². The van der Waals surface area contributed by atoms with Crippen molar-refractivity contribution in [2.45, 2.75) is 12.1 Å². The zero-order chi connectivity index (χ0) is 23.4. The van der Waals surface area contributed by atoms with E-state index in [2.05, 4.69) is 10.7 Å². The summed E-state index contributed by atoms with van der Waals surface area (Å²) in [6.07, 6.45) is 1.88. The summed E-state index contributed by atoms with van der Waals surface area (Å²) in [4.78, 5) is 27.8. The van der Waals surface area contributed by atoms with Crippen LogP contribution >= 0.6 is 0 Å². The molecule has 0 spiro atoms. The number of carbonyl (C=O) groups excluding carboxylic acids is 2. The first kappa shape index (κ1) is 22.1. The van der Waals surface area contributed by atoms with Crippen LogP contribution in [0.1, 0.15) is 27.5 Å². The Morgan fingerprint density at radius 1 is 1.00 bits per heavy atom. The second-order valence-corrected chi connectivity index (χ2v) is 8.03. The molecular weight excluding hydrogens is 416 g/mol. The number of hydrazine groups is 1. The standard InChI is InChI=1S/C26H26N4O3/c1-29(2)21-13-9-18(10-14-21)17-30-24(19-11-15-22(33-3)16-12-19)23(26(32)28-30)27-25(31)20-7-5-4-6-8-20/h4-17,23-24H,1-3H3,(H-,27,28,31,32)/p+1/t23-,24-/m1/s1. The van der Waals surface area contributed by atoms with Gasteiger partial charge in [0.25, 0.3) is 5.91 Å². The number of anilines is 1. The van der Waals surface area contributed by atoms with E-state index in [0.29, 0.717) is 5.56 Å². The van der Waals surface area contributed by atoms with Crippen LogP contribution in [0.15, 0.2) is 78.9 Å². The first-order chi connectivity index (χ1) is 16.0. The van der Waals surface area contributed by atoms with Crippen molar-refractivity contribution in [3.05, 3.63) is 95.6 Å². The van der Waals surface area contributed by atoms with Crippen LogP contribution in [0.5, 0.6) is 5.75 Å². The number of hydrazone groups is 1. The van der Waals surface area contributed by atoms with E-state index in [9.17, 15) is 9.59 Å². The summed E-state index contributed by atoms with van der Waals surface area (Å²) >= 11 is 0. The van der Waals surface area contributed by atoms with Crippen LogP contribution in [0, 0.1) is 0 Å². The normalized spacial score (nSPS) is 18.6. The van der Waals surface area contributed by atoms with Crippen molar-refractivity contribution in [3.63, 3.8) is 0 Å². The molecule has 1 saturated heterocycles. The molecule has 1 heterocycles. The Morgan fingerprint density at radius 3 is 2.27 bits per heavy atom. The molecule has 1 aliphatic heterocycles. The summed E-state index contributed by atoms with van der Waals surface area (Å²) < 4.78 is 7.03. The predicted octanol–water partition coefficient (Wildman–Crippen LogP) is 2.78. The maximum atomic E-state index is 13.0. The third kappa shape index (κ3) is 4.87. The first-order valence-electron chi connectivity index (χ1n) is 10.7. The van der Waals surface area contributed by atoms with Gasteiger partial charge in [-0.3, -0.25) is 9.59 Å². The fourth-order valence-corrected chi connectivity index (χ4v) is 3.81. The second-order valence-electron chi connectivity index (χ2n) is 8.03. The summed E-state index contributed by atoms with van der Waals surface area (Å²) in [7, 11) is 5.58. The number of nitrogens with one attached hydrogen (secondary N) is 2. The molecule has 3 aromatic rings. The molecule has 0 radical (unpaired) electrons. The minimum atomic E-state index is -0.775. The van der Waals surface area contributed by atoms with Gasteiger partial charge in [0.2, 0.25) is 12.3 Å². The Labute approximate surface area is 193 Å². The minimum Gasteiger partial charge on any atom is -0.497 e. The Kier molecular flexibility index (Phi) is 6.40. The number of rotatable bonds is 6. The molecule has 168 valence electrons. The largest absolute Gasteiger partial charge is 0.497 e. The third-order valence-electron chi connectivity index (χ3n) is 5.61. The Balaban J connectivity index is 1.69. The molecule has 2 amide bonds. The van der Waals surface area contributed by atoms with Crippen molar-refractivity contribution in [1.29, 1.82) is 0 Å². The average Bonchev–Trinajstić information content (AvgIpc) is 3.14. The topological polar surface area (TPSA) is 73.7 Å². The molecule has 0 bridgehead atoms. The lowest BCUT2D eigenvalue weighted by Crippen LogP contribution is -2.42. The predicted molar refractivity (Wildman–Crippen MR) is 128 cm³/mol. The summed E-state index contributed by atoms with van der Waals surface area (Å²) in [6, 6.07) is 23.2. The second kappa shape index (κ2) is 9.56. The molecule has 33 heavy (non-hydrogen) atoms. The molecular formula is C26H27N4O3+. The number of methoxy groups -OCH3 is 1. The molecule has 2 atom stereocenters. The van der Waals surface area contributed by atoms with Crippen LogP contribution in [-0.4, -0.2) is 50.0 Å². The van der Waals surface area contributed by atoms with Crippen molar-refractivity contribution < 1.29 is 19.0 Å². The van der Waals surface area contributed by atoms with Crippen molar-refractivity contribution in [2.24, 2.45) is 0 Å². The van der Waals surface area contributed by atoms with E-state index in [1.165, 1.54) is 0 Å². The Morgan fingerprint density at radius 2 is 1.67 bits per heavy atom. The van der Waals surface area contributed by atoms with Crippen LogP contribution in [0.25, 0.3) is 0 Å². The van der Waals surface area contributed by atoms with Gasteiger partial charge in [-0.1, -0.05) is 18.2 Å². The van der Waals surface area contributed by atoms with E-state index in [0.717, 1.165) is 22.6 Å². The molecule has 7 nitrogen and oxygen atoms in total. The van der Waals surface area contributed by atoms with Gasteiger partial charge in [0.05, 0.1) is 7.11 Å². The highest BCUT2D eigenvalue weighted by atomic mass is 16.5. The van der Waals surface area contributed by atoms with Gasteiger partial charge in [0.1, 0.15) is 5.75 Å². The summed E-state index contributed by atoms with van der Waals surface area (Å²) in [5.74, 6) is 0.142. The average molecular weight is 444 g/mol. The lowest BCUT2D eigenvalue weighted by atomic mass is 9.99. The van der Waals surface area contributed by atoms with Gasteiger partial charge in [-0.05, 0) is 60.7 Å². The minimum absolute atomic E-state index is 0.277. The van der Waals surface area contributed by atoms with Crippen molar-refractivity contribution in [3.8, 4) is 5.75 Å². The van der Waals surface area contributed by atoms with Gasteiger partial charge in [0, 0.05) is 36.5 Å². The molecule has 0 aliphatic carbocycles. The lowest BCUT2D eigenvalue weighted by molar-refractivity contribution is -0.596. The number of carbonyl (C=O) groups is 2. The maximum absolute atomic E-state index is 13.0. The van der Waals surface area contributed by atoms with Gasteiger partial charge >= 0.3 is 5.91 Å². The molecule has 4 rings (SSSR count). The fourth-order valence-electron chi connectivity index (χ4n) is 3.81. The van der Waals surface area contributed by atoms with Crippen molar-refractivity contribution in [2.75, 3.05) is 26.1 Å². The zero-order valence-corrected chi connectivity index (χ0v) is 18.9. The molecule has 7 heteroatoms. The number of ether oxygens (including phenoxy) is 1. The van der Waals surface area contributed by atoms with E-state index in [4.69, 9.17) is 4.74 Å². The molecule has 0 saturated carbocycles. The Bertz CT molecular complexity index is 1160. The summed E-state index contributed by atoms with van der Waals surface area (Å²) in [5.41, 5.74) is 6.28. The number of amides is 2. The third-order valence-corrected chi connectivity index (χ3v) is 5.61. The quantitative estimate of drug-likeness (QED) is 0.575. The van der Waals surface area contributed by atoms with Gasteiger partial charge in [-0.25, -0.2) is 0 Å². The highest BCUT2D eigenvalue weighted by molar-refractivity contribution is 5.98. The van der Waals surface area contributed by atoms with E-state index in [-0.39, 0.29) is 11.8 Å². The smallest absolute Gasteiger partial charge is 0.304 e. The lowest BCUT2D eigenvalue weighted by Gasteiger charge is -2.15. The number of nitrogens with zero attached hydrogens (tertiary/aromatic N) is 2. The van der Waals surface area contributed by atoms with E-state index in [1.807, 2.05) is 79.8 Å².